The third-order valence-electron chi connectivity index (χ3n) is 5.71. The molecule has 0 bridgehead atoms. The van der Waals surface area contributed by atoms with Gasteiger partial charge in [0.05, 0.1) is 17.8 Å². The third kappa shape index (κ3) is 10.3. The Hall–Kier alpha value is -4.03. The standard InChI is InChI=1S/C26H35FN4O8/c1-14(2)11-20(31-25(36)24(35)29-18-8-6-5-7-17(18)27)23(34)30-19(12-16-9-10-28-22(16)33)21(32)13-38-26(37)39-15(3)4/h5-8,14-16,19-20H,9-13H2,1-4H3,(H,28,33)(H,29,35)(H,30,34)(H,31,36)/t16?,19-,20-/m0/s1. The Morgan fingerprint density at radius 1 is 1.03 bits per heavy atom. The molecule has 1 heterocycles. The summed E-state index contributed by atoms with van der Waals surface area (Å²) in [5.41, 5.74) is -0.209. The molecule has 0 aliphatic carbocycles. The summed E-state index contributed by atoms with van der Waals surface area (Å²) in [4.78, 5) is 74.8. The van der Waals surface area contributed by atoms with Gasteiger partial charge in [-0.1, -0.05) is 26.0 Å². The molecule has 1 unspecified atom stereocenters. The van der Waals surface area contributed by atoms with Gasteiger partial charge in [-0.25, -0.2) is 9.18 Å². The zero-order valence-electron chi connectivity index (χ0n) is 22.4. The van der Waals surface area contributed by atoms with Crippen LogP contribution >= 0.6 is 0 Å². The maximum Gasteiger partial charge on any atom is 0.508 e. The predicted octanol–water partition coefficient (Wildman–Crippen LogP) is 1.44. The van der Waals surface area contributed by atoms with Crippen LogP contribution in [-0.4, -0.2) is 66.9 Å². The Morgan fingerprint density at radius 3 is 2.31 bits per heavy atom. The molecule has 1 aliphatic heterocycles. The second-order valence-corrected chi connectivity index (χ2v) is 9.83. The van der Waals surface area contributed by atoms with Crippen LogP contribution in [0.2, 0.25) is 0 Å². The van der Waals surface area contributed by atoms with Crippen LogP contribution in [0.1, 0.15) is 47.0 Å². The number of para-hydroxylation sites is 1. The Bertz CT molecular complexity index is 1080. The number of hydrogen-bond acceptors (Lipinski definition) is 8. The van der Waals surface area contributed by atoms with Crippen molar-refractivity contribution in [2.45, 2.75) is 65.1 Å². The van der Waals surface area contributed by atoms with Crippen LogP contribution in [0.25, 0.3) is 0 Å². The Kier molecular flexibility index (Phi) is 11.8. The number of carbonyl (C=O) groups excluding carboxylic acids is 6. The number of ketones is 1. The summed E-state index contributed by atoms with van der Waals surface area (Å²) in [6.45, 7) is 6.47. The number of ether oxygens (including phenoxy) is 2. The van der Waals surface area contributed by atoms with Crippen LogP contribution in [0.3, 0.4) is 0 Å². The molecule has 1 aromatic rings. The van der Waals surface area contributed by atoms with E-state index in [9.17, 15) is 33.2 Å². The first-order chi connectivity index (χ1) is 18.4. The van der Waals surface area contributed by atoms with Crippen molar-refractivity contribution in [1.82, 2.24) is 16.0 Å². The number of hydrogen-bond donors (Lipinski definition) is 4. The van der Waals surface area contributed by atoms with E-state index in [2.05, 4.69) is 21.3 Å². The van der Waals surface area contributed by atoms with Gasteiger partial charge in [0.1, 0.15) is 11.9 Å². The van der Waals surface area contributed by atoms with E-state index in [-0.39, 0.29) is 30.4 Å². The first kappa shape index (κ1) is 31.2. The van der Waals surface area contributed by atoms with Crippen molar-refractivity contribution in [2.24, 2.45) is 11.8 Å². The SMILES string of the molecule is CC(C)C[C@H](NC(=O)C(=O)Nc1ccccc1F)C(=O)N[C@@H](CC1CCNC1=O)C(=O)COC(=O)OC(C)C. The molecule has 214 valence electrons. The van der Waals surface area contributed by atoms with Crippen LogP contribution in [0, 0.1) is 17.7 Å². The van der Waals surface area contributed by atoms with E-state index in [0.717, 1.165) is 6.07 Å². The van der Waals surface area contributed by atoms with Crippen molar-refractivity contribution in [3.8, 4) is 0 Å². The molecule has 1 aliphatic rings. The van der Waals surface area contributed by atoms with Crippen molar-refractivity contribution in [2.75, 3.05) is 18.5 Å². The highest BCUT2D eigenvalue weighted by Crippen LogP contribution is 2.18. The number of Topliss-reactive ketones (excluding diaryl/α,β-unsaturated/α-hetero) is 1. The van der Waals surface area contributed by atoms with E-state index in [0.29, 0.717) is 13.0 Å². The lowest BCUT2D eigenvalue weighted by molar-refractivity contribution is -0.138. The highest BCUT2D eigenvalue weighted by molar-refractivity contribution is 6.40. The largest absolute Gasteiger partial charge is 0.508 e. The molecule has 1 fully saturated rings. The van der Waals surface area contributed by atoms with E-state index in [4.69, 9.17) is 9.47 Å². The van der Waals surface area contributed by atoms with E-state index in [1.165, 1.54) is 18.2 Å². The van der Waals surface area contributed by atoms with Crippen LogP contribution < -0.4 is 21.3 Å². The van der Waals surface area contributed by atoms with Gasteiger partial charge in [-0.05, 0) is 51.2 Å². The maximum atomic E-state index is 13.9. The Labute approximate surface area is 225 Å². The summed E-state index contributed by atoms with van der Waals surface area (Å²) in [6.07, 6.45) is -1.05. The van der Waals surface area contributed by atoms with E-state index >= 15 is 0 Å². The van der Waals surface area contributed by atoms with Gasteiger partial charge in [0.15, 0.2) is 12.4 Å². The smallest absolute Gasteiger partial charge is 0.432 e. The molecule has 4 amide bonds. The highest BCUT2D eigenvalue weighted by Gasteiger charge is 2.34. The first-order valence-electron chi connectivity index (χ1n) is 12.7. The van der Waals surface area contributed by atoms with Crippen molar-refractivity contribution in [1.29, 1.82) is 0 Å². The summed E-state index contributed by atoms with van der Waals surface area (Å²) in [7, 11) is 0. The van der Waals surface area contributed by atoms with Gasteiger partial charge >= 0.3 is 18.0 Å². The number of nitrogens with one attached hydrogen (secondary N) is 4. The van der Waals surface area contributed by atoms with Gasteiger partial charge < -0.3 is 30.7 Å². The summed E-state index contributed by atoms with van der Waals surface area (Å²) in [5.74, 6) is -5.53. The number of rotatable bonds is 12. The summed E-state index contributed by atoms with van der Waals surface area (Å²) >= 11 is 0. The van der Waals surface area contributed by atoms with E-state index < -0.39 is 66.2 Å². The minimum Gasteiger partial charge on any atom is -0.432 e. The molecule has 3 atom stereocenters. The molecule has 1 saturated heterocycles. The fourth-order valence-corrected chi connectivity index (χ4v) is 3.82. The summed E-state index contributed by atoms with van der Waals surface area (Å²) < 4.78 is 23.5. The monoisotopic (exact) mass is 550 g/mol. The van der Waals surface area contributed by atoms with Crippen molar-refractivity contribution >= 4 is 41.3 Å². The molecule has 4 N–H and O–H groups in total. The van der Waals surface area contributed by atoms with Gasteiger partial charge in [-0.3, -0.25) is 24.0 Å². The zero-order chi connectivity index (χ0) is 29.1. The molecule has 0 spiro atoms. The average molecular weight is 551 g/mol. The molecule has 12 nitrogen and oxygen atoms in total. The minimum absolute atomic E-state index is 0.0604. The minimum atomic E-state index is -1.23. The van der Waals surface area contributed by atoms with Gasteiger partial charge in [0, 0.05) is 12.5 Å². The number of carbonyl (C=O) groups is 6. The third-order valence-corrected chi connectivity index (χ3v) is 5.71. The van der Waals surface area contributed by atoms with Gasteiger partial charge in [-0.2, -0.15) is 0 Å². The van der Waals surface area contributed by atoms with Crippen molar-refractivity contribution in [3.63, 3.8) is 0 Å². The Morgan fingerprint density at radius 2 is 1.72 bits per heavy atom. The van der Waals surface area contributed by atoms with Crippen LogP contribution in [-0.2, 0) is 33.4 Å². The normalized spacial score (nSPS) is 16.2. The molecule has 39 heavy (non-hydrogen) atoms. The van der Waals surface area contributed by atoms with Gasteiger partial charge in [-0.15, -0.1) is 0 Å². The molecule has 0 saturated carbocycles. The van der Waals surface area contributed by atoms with Crippen molar-refractivity contribution in [3.05, 3.63) is 30.1 Å². The molecular weight excluding hydrogens is 515 g/mol. The summed E-state index contributed by atoms with van der Waals surface area (Å²) in [6, 6.07) is 2.81. The number of benzene rings is 1. The number of anilines is 1. The van der Waals surface area contributed by atoms with Crippen LogP contribution in [0.5, 0.6) is 0 Å². The first-order valence-corrected chi connectivity index (χ1v) is 12.7. The van der Waals surface area contributed by atoms with E-state index in [1.54, 1.807) is 27.7 Å². The van der Waals surface area contributed by atoms with E-state index in [1.807, 2.05) is 0 Å². The molecule has 1 aromatic carbocycles. The molecule has 0 radical (unpaired) electrons. The second-order valence-electron chi connectivity index (χ2n) is 9.83. The Balaban J connectivity index is 2.12. The maximum absolute atomic E-state index is 13.9. The quantitative estimate of drug-likeness (QED) is 0.224. The number of halogens is 1. The number of amides is 4. The van der Waals surface area contributed by atoms with Gasteiger partial charge in [0.2, 0.25) is 11.8 Å². The predicted molar refractivity (Wildman–Crippen MR) is 137 cm³/mol. The zero-order valence-corrected chi connectivity index (χ0v) is 22.4. The molecule has 2 rings (SSSR count). The lowest BCUT2D eigenvalue weighted by Gasteiger charge is -2.25. The highest BCUT2D eigenvalue weighted by atomic mass is 19.1. The van der Waals surface area contributed by atoms with Crippen LogP contribution in [0.4, 0.5) is 14.9 Å². The molecular formula is C26H35FN4O8. The topological polar surface area (TPSA) is 169 Å². The lowest BCUT2D eigenvalue weighted by atomic mass is 9.95. The fourth-order valence-electron chi connectivity index (χ4n) is 3.82. The average Bonchev–Trinajstić information content (AvgIpc) is 3.26. The second kappa shape index (κ2) is 14.8. The van der Waals surface area contributed by atoms with Crippen molar-refractivity contribution < 1.29 is 42.6 Å². The fraction of sp³-hybridized carbons (Fsp3) is 0.538. The molecule has 0 aromatic heterocycles. The van der Waals surface area contributed by atoms with Gasteiger partial charge in [0.25, 0.3) is 0 Å². The van der Waals surface area contributed by atoms with Crippen LogP contribution in [0.15, 0.2) is 24.3 Å². The summed E-state index contributed by atoms with van der Waals surface area (Å²) in [5, 5.41) is 9.65. The molecule has 13 heteroatoms. The lowest BCUT2D eigenvalue weighted by Crippen LogP contribution is -2.54.